The van der Waals surface area contributed by atoms with Crippen molar-refractivity contribution in [1.29, 1.82) is 0 Å². The third kappa shape index (κ3) is 5.55. The molecule has 0 amide bonds. The normalized spacial score (nSPS) is 28.8. The lowest BCUT2D eigenvalue weighted by molar-refractivity contribution is -0.127. The number of aromatic nitrogens is 2. The quantitative estimate of drug-likeness (QED) is 0.238. The van der Waals surface area contributed by atoms with Crippen LogP contribution in [0.3, 0.4) is 0 Å². The second-order valence-electron chi connectivity index (χ2n) is 16.6. The van der Waals surface area contributed by atoms with Crippen LogP contribution < -0.4 is 0 Å². The van der Waals surface area contributed by atoms with Gasteiger partial charge in [-0.1, -0.05) is 55.8 Å². The smallest absolute Gasteiger partial charge is 0.336 e. The van der Waals surface area contributed by atoms with Crippen molar-refractivity contribution in [2.24, 2.45) is 11.8 Å². The van der Waals surface area contributed by atoms with Crippen molar-refractivity contribution in [2.75, 3.05) is 0 Å². The molecular formula is C41H52N2O4. The number of nitrogens with zero attached hydrogens (tertiary/aromatic N) is 2. The fourth-order valence-electron chi connectivity index (χ4n) is 10.6. The predicted molar refractivity (Wildman–Crippen MR) is 182 cm³/mol. The number of aromatic carboxylic acids is 1. The third-order valence-electron chi connectivity index (χ3n) is 13.8. The van der Waals surface area contributed by atoms with E-state index in [-0.39, 0.29) is 11.0 Å². The molecule has 0 saturated heterocycles. The second kappa shape index (κ2) is 12.0. The van der Waals surface area contributed by atoms with E-state index in [4.69, 9.17) is 19.4 Å². The lowest BCUT2D eigenvalue weighted by Gasteiger charge is -2.53. The van der Waals surface area contributed by atoms with Gasteiger partial charge in [0.15, 0.2) is 0 Å². The topological polar surface area (TPSA) is 85.5 Å². The van der Waals surface area contributed by atoms with Gasteiger partial charge < -0.3 is 14.4 Å². The fraction of sp³-hybridized carbons (Fsp3) is 0.683. The highest BCUT2D eigenvalue weighted by Gasteiger charge is 2.51. The summed E-state index contributed by atoms with van der Waals surface area (Å²) in [6, 6.07) is 8.01. The number of benzene rings is 1. The van der Waals surface area contributed by atoms with Gasteiger partial charge in [-0.3, -0.25) is 4.98 Å². The molecule has 3 aromatic rings. The number of hydrogen-bond donors (Lipinski definition) is 1. The number of carboxylic acids is 1. The summed E-state index contributed by atoms with van der Waals surface area (Å²) in [7, 11) is 0. The van der Waals surface area contributed by atoms with E-state index in [1.54, 1.807) is 6.07 Å². The van der Waals surface area contributed by atoms with Gasteiger partial charge in [0.25, 0.3) is 0 Å². The lowest BCUT2D eigenvalue weighted by Crippen LogP contribution is -2.50. The van der Waals surface area contributed by atoms with E-state index < -0.39 is 5.97 Å². The van der Waals surface area contributed by atoms with Gasteiger partial charge in [0.05, 0.1) is 29.0 Å². The van der Waals surface area contributed by atoms with Gasteiger partial charge in [0.2, 0.25) is 0 Å². The van der Waals surface area contributed by atoms with Crippen LogP contribution in [0.25, 0.3) is 10.9 Å². The van der Waals surface area contributed by atoms with Crippen molar-refractivity contribution in [2.45, 2.75) is 164 Å². The van der Waals surface area contributed by atoms with Crippen molar-refractivity contribution in [3.63, 3.8) is 0 Å². The van der Waals surface area contributed by atoms with Gasteiger partial charge >= 0.3 is 5.97 Å². The van der Waals surface area contributed by atoms with Crippen molar-refractivity contribution >= 4 is 16.9 Å². The molecule has 2 aromatic heterocycles. The van der Waals surface area contributed by atoms with Gasteiger partial charge in [-0.15, -0.1) is 0 Å². The standard InChI is InChI=1S/C41H52N2O4/c44-39(45)32-16-15-30(26-11-12-26)36-31(32)17-18-34(42-36)40-19-22-41(23-20-40,24-21-40)46-25-33-37(43-47-38(33)29-13-14-29)35(27-7-3-1-4-8-27)28-9-5-2-6-10-28/h15-18,26-29,35H,1-14,19-25H2,(H,44,45). The minimum Gasteiger partial charge on any atom is -0.478 e. The Labute approximate surface area is 279 Å². The van der Waals surface area contributed by atoms with Crippen LogP contribution in [-0.2, 0) is 16.8 Å². The number of pyridine rings is 1. The first-order chi connectivity index (χ1) is 23.0. The maximum absolute atomic E-state index is 12.0. The largest absolute Gasteiger partial charge is 0.478 e. The third-order valence-corrected chi connectivity index (χ3v) is 13.8. The molecule has 7 aliphatic carbocycles. The Hall–Kier alpha value is -2.73. The molecule has 1 N–H and O–H groups in total. The molecule has 2 bridgehead atoms. The van der Waals surface area contributed by atoms with Crippen LogP contribution in [-0.4, -0.2) is 26.8 Å². The Kier molecular flexibility index (Phi) is 7.75. The van der Waals surface area contributed by atoms with E-state index in [0.717, 1.165) is 67.0 Å². The molecule has 6 heteroatoms. The van der Waals surface area contributed by atoms with Gasteiger partial charge in [-0.2, -0.15) is 0 Å². The Morgan fingerprint density at radius 3 is 2.04 bits per heavy atom. The van der Waals surface area contributed by atoms with E-state index in [1.165, 1.54) is 112 Å². The molecule has 0 unspecified atom stereocenters. The maximum atomic E-state index is 12.0. The molecule has 47 heavy (non-hydrogen) atoms. The van der Waals surface area contributed by atoms with Crippen LogP contribution >= 0.6 is 0 Å². The molecule has 10 rings (SSSR count). The highest BCUT2D eigenvalue weighted by Crippen LogP contribution is 2.56. The highest BCUT2D eigenvalue weighted by molar-refractivity contribution is 6.03. The van der Waals surface area contributed by atoms with Crippen LogP contribution in [0.4, 0.5) is 0 Å². The number of carboxylic acid groups (broad SMARTS) is 1. The Morgan fingerprint density at radius 1 is 0.809 bits per heavy atom. The zero-order valence-electron chi connectivity index (χ0n) is 28.1. The molecule has 7 aliphatic rings. The fourth-order valence-corrected chi connectivity index (χ4v) is 10.6. The van der Waals surface area contributed by atoms with Gasteiger partial charge in [0, 0.05) is 33.9 Å². The van der Waals surface area contributed by atoms with E-state index in [1.807, 2.05) is 6.07 Å². The molecule has 7 saturated carbocycles. The number of hydrogen-bond acceptors (Lipinski definition) is 5. The maximum Gasteiger partial charge on any atom is 0.336 e. The number of rotatable bonds is 10. The molecule has 7 fully saturated rings. The van der Waals surface area contributed by atoms with E-state index in [0.29, 0.717) is 29.9 Å². The summed E-state index contributed by atoms with van der Waals surface area (Å²) >= 11 is 0. The molecule has 0 aliphatic heterocycles. The van der Waals surface area contributed by atoms with E-state index in [2.05, 4.69) is 12.1 Å². The minimum atomic E-state index is -0.869. The Bertz CT molecular complexity index is 1600. The van der Waals surface area contributed by atoms with Crippen LogP contribution in [0.15, 0.2) is 28.8 Å². The van der Waals surface area contributed by atoms with Crippen molar-refractivity contribution in [3.05, 3.63) is 58.1 Å². The molecule has 2 heterocycles. The molecule has 1 aromatic carbocycles. The summed E-state index contributed by atoms with van der Waals surface area (Å²) in [5, 5.41) is 15.6. The van der Waals surface area contributed by atoms with E-state index in [9.17, 15) is 9.90 Å². The second-order valence-corrected chi connectivity index (χ2v) is 16.6. The molecular weight excluding hydrogens is 584 g/mol. The SMILES string of the molecule is O=C(O)c1ccc(C2CC2)c2nc(C34CCC(OCc5c(C(C6CCCCC6)C6CCCCC6)noc5C5CC5)(CC3)CC4)ccc12. The summed E-state index contributed by atoms with van der Waals surface area (Å²) in [4.78, 5) is 17.3. The molecule has 0 radical (unpaired) electrons. The van der Waals surface area contributed by atoms with Gasteiger partial charge in [-0.05, 0) is 125 Å². The van der Waals surface area contributed by atoms with Crippen LogP contribution in [0, 0.1) is 11.8 Å². The Morgan fingerprint density at radius 2 is 1.45 bits per heavy atom. The van der Waals surface area contributed by atoms with Crippen molar-refractivity contribution in [1.82, 2.24) is 10.1 Å². The molecule has 6 nitrogen and oxygen atoms in total. The van der Waals surface area contributed by atoms with Crippen LogP contribution in [0.2, 0.25) is 0 Å². The summed E-state index contributed by atoms with van der Waals surface area (Å²) in [5.74, 6) is 3.37. The lowest BCUT2D eigenvalue weighted by atomic mass is 9.57. The number of fused-ring (bicyclic) bond motifs is 4. The van der Waals surface area contributed by atoms with Gasteiger partial charge in [-0.25, -0.2) is 4.79 Å². The zero-order valence-corrected chi connectivity index (χ0v) is 28.1. The van der Waals surface area contributed by atoms with Crippen molar-refractivity contribution < 1.29 is 19.2 Å². The van der Waals surface area contributed by atoms with E-state index >= 15 is 0 Å². The number of carbonyl (C=O) groups is 1. The first-order valence-corrected chi connectivity index (χ1v) is 19.3. The van der Waals surface area contributed by atoms with Gasteiger partial charge in [0.1, 0.15) is 5.76 Å². The number of ether oxygens (including phenoxy) is 1. The first kappa shape index (κ1) is 30.3. The Balaban J connectivity index is 0.962. The average Bonchev–Trinajstić information content (AvgIpc) is 4.07. The summed E-state index contributed by atoms with van der Waals surface area (Å²) in [6.45, 7) is 0.657. The average molecular weight is 637 g/mol. The first-order valence-electron chi connectivity index (χ1n) is 19.3. The minimum absolute atomic E-state index is 0.0634. The van der Waals surface area contributed by atoms with Crippen LogP contribution in [0.5, 0.6) is 0 Å². The summed E-state index contributed by atoms with van der Waals surface area (Å²) in [6.07, 6.45) is 24.9. The predicted octanol–water partition coefficient (Wildman–Crippen LogP) is 10.5. The summed E-state index contributed by atoms with van der Waals surface area (Å²) in [5.41, 5.74) is 6.32. The summed E-state index contributed by atoms with van der Waals surface area (Å²) < 4.78 is 13.4. The highest BCUT2D eigenvalue weighted by atomic mass is 16.5. The zero-order chi connectivity index (χ0) is 31.6. The monoisotopic (exact) mass is 636 g/mol. The van der Waals surface area contributed by atoms with Crippen molar-refractivity contribution in [3.8, 4) is 0 Å². The molecule has 0 spiro atoms. The van der Waals surface area contributed by atoms with Crippen LogP contribution in [0.1, 0.15) is 185 Å². The molecule has 250 valence electrons. The molecule has 0 atom stereocenters.